The molecule has 0 saturated heterocycles. The van der Waals surface area contributed by atoms with Gasteiger partial charge in [0.25, 0.3) is 0 Å². The average molecular weight is 309 g/mol. The first-order valence-electron chi connectivity index (χ1n) is 6.85. The standard InChI is InChI=1S/C16H21ClN2S/c1-12(10-15-4-3-9-20-15)19(2)16-6-5-14(17)11-13(16)7-8-18/h3-6,9,11-12H,7-8,10,18H2,1-2H3. The van der Waals surface area contributed by atoms with Crippen molar-refractivity contribution in [3.05, 3.63) is 51.2 Å². The summed E-state index contributed by atoms with van der Waals surface area (Å²) in [7, 11) is 2.14. The predicted octanol–water partition coefficient (Wildman–Crippen LogP) is 3.97. The SMILES string of the molecule is CC(Cc1cccs1)N(C)c1ccc(Cl)cc1CCN. The Hall–Kier alpha value is -1.03. The van der Waals surface area contributed by atoms with E-state index in [4.69, 9.17) is 17.3 Å². The second kappa shape index (κ2) is 7.11. The fourth-order valence-corrected chi connectivity index (χ4v) is 3.37. The van der Waals surface area contributed by atoms with E-state index >= 15 is 0 Å². The molecule has 0 saturated carbocycles. The number of benzene rings is 1. The molecule has 108 valence electrons. The van der Waals surface area contributed by atoms with Crippen molar-refractivity contribution in [3.8, 4) is 0 Å². The summed E-state index contributed by atoms with van der Waals surface area (Å²) >= 11 is 7.91. The van der Waals surface area contributed by atoms with Gasteiger partial charge in [-0.05, 0) is 55.1 Å². The van der Waals surface area contributed by atoms with E-state index in [0.717, 1.165) is 17.9 Å². The van der Waals surface area contributed by atoms with Crippen LogP contribution in [0.4, 0.5) is 5.69 Å². The number of likely N-dealkylation sites (N-methyl/N-ethyl adjacent to an activating group) is 1. The molecule has 1 atom stereocenters. The van der Waals surface area contributed by atoms with Crippen LogP contribution in [0.1, 0.15) is 17.4 Å². The van der Waals surface area contributed by atoms with Gasteiger partial charge in [-0.2, -0.15) is 0 Å². The highest BCUT2D eigenvalue weighted by molar-refractivity contribution is 7.09. The first-order chi connectivity index (χ1) is 9.61. The molecule has 20 heavy (non-hydrogen) atoms. The van der Waals surface area contributed by atoms with Crippen LogP contribution in [-0.2, 0) is 12.8 Å². The van der Waals surface area contributed by atoms with E-state index in [0.29, 0.717) is 12.6 Å². The van der Waals surface area contributed by atoms with Crippen molar-refractivity contribution in [2.75, 3.05) is 18.5 Å². The van der Waals surface area contributed by atoms with Crippen LogP contribution < -0.4 is 10.6 Å². The number of rotatable bonds is 6. The summed E-state index contributed by atoms with van der Waals surface area (Å²) in [4.78, 5) is 3.74. The maximum atomic E-state index is 6.09. The van der Waals surface area contributed by atoms with Crippen LogP contribution in [0.15, 0.2) is 35.7 Å². The second-order valence-electron chi connectivity index (χ2n) is 5.06. The summed E-state index contributed by atoms with van der Waals surface area (Å²) in [5.41, 5.74) is 8.15. The highest BCUT2D eigenvalue weighted by Crippen LogP contribution is 2.26. The number of nitrogens with two attached hydrogens (primary N) is 1. The van der Waals surface area contributed by atoms with Gasteiger partial charge in [0.15, 0.2) is 0 Å². The minimum absolute atomic E-state index is 0.436. The molecule has 0 amide bonds. The van der Waals surface area contributed by atoms with Gasteiger partial charge in [0.05, 0.1) is 0 Å². The van der Waals surface area contributed by atoms with Gasteiger partial charge in [-0.15, -0.1) is 11.3 Å². The van der Waals surface area contributed by atoms with Crippen LogP contribution in [0.5, 0.6) is 0 Å². The van der Waals surface area contributed by atoms with Crippen LogP contribution in [-0.4, -0.2) is 19.6 Å². The number of nitrogens with zero attached hydrogens (tertiary/aromatic N) is 1. The normalized spacial score (nSPS) is 12.4. The van der Waals surface area contributed by atoms with Crippen molar-refractivity contribution in [1.29, 1.82) is 0 Å². The number of hydrogen-bond acceptors (Lipinski definition) is 3. The van der Waals surface area contributed by atoms with Crippen LogP contribution in [0.25, 0.3) is 0 Å². The van der Waals surface area contributed by atoms with Crippen LogP contribution in [0.2, 0.25) is 5.02 Å². The number of thiophene rings is 1. The zero-order valence-electron chi connectivity index (χ0n) is 12.0. The Bertz CT molecular complexity index is 539. The second-order valence-corrected chi connectivity index (χ2v) is 6.52. The van der Waals surface area contributed by atoms with E-state index in [1.807, 2.05) is 23.5 Å². The van der Waals surface area contributed by atoms with Crippen molar-refractivity contribution in [2.24, 2.45) is 5.73 Å². The Balaban J connectivity index is 2.17. The monoisotopic (exact) mass is 308 g/mol. The predicted molar refractivity (Wildman–Crippen MR) is 90.1 cm³/mol. The lowest BCUT2D eigenvalue weighted by atomic mass is 10.1. The topological polar surface area (TPSA) is 29.3 Å². The largest absolute Gasteiger partial charge is 0.371 e. The molecule has 1 unspecified atom stereocenters. The van der Waals surface area contributed by atoms with Crippen molar-refractivity contribution < 1.29 is 0 Å². The van der Waals surface area contributed by atoms with Gasteiger partial charge in [0.2, 0.25) is 0 Å². The number of anilines is 1. The van der Waals surface area contributed by atoms with E-state index in [9.17, 15) is 0 Å². The first-order valence-corrected chi connectivity index (χ1v) is 8.11. The molecular formula is C16H21ClN2S. The summed E-state index contributed by atoms with van der Waals surface area (Å²) in [5.74, 6) is 0. The Morgan fingerprint density at radius 2 is 2.15 bits per heavy atom. The van der Waals surface area contributed by atoms with Crippen molar-refractivity contribution >= 4 is 28.6 Å². The minimum Gasteiger partial charge on any atom is -0.371 e. The van der Waals surface area contributed by atoms with Gasteiger partial charge in [-0.3, -0.25) is 0 Å². The van der Waals surface area contributed by atoms with Crippen molar-refractivity contribution in [3.63, 3.8) is 0 Å². The third kappa shape index (κ3) is 3.75. The quantitative estimate of drug-likeness (QED) is 0.875. The Kier molecular flexibility index (Phi) is 5.46. The third-order valence-corrected chi connectivity index (χ3v) is 4.71. The highest BCUT2D eigenvalue weighted by atomic mass is 35.5. The molecule has 4 heteroatoms. The van der Waals surface area contributed by atoms with Crippen LogP contribution >= 0.6 is 22.9 Å². The Morgan fingerprint density at radius 3 is 2.80 bits per heavy atom. The molecule has 0 radical (unpaired) electrons. The van der Waals surface area contributed by atoms with E-state index in [2.05, 4.69) is 42.5 Å². The summed E-state index contributed by atoms with van der Waals surface area (Å²) in [6, 6.07) is 10.8. The first kappa shape index (κ1) is 15.4. The third-order valence-electron chi connectivity index (χ3n) is 3.57. The summed E-state index contributed by atoms with van der Waals surface area (Å²) in [6.45, 7) is 2.89. The molecule has 2 nitrogen and oxygen atoms in total. The van der Waals surface area contributed by atoms with Gasteiger partial charge >= 0.3 is 0 Å². The summed E-state index contributed by atoms with van der Waals surface area (Å²) < 4.78 is 0. The molecule has 0 aliphatic rings. The molecular weight excluding hydrogens is 288 g/mol. The number of halogens is 1. The molecule has 0 fully saturated rings. The van der Waals surface area contributed by atoms with Crippen molar-refractivity contribution in [1.82, 2.24) is 0 Å². The number of hydrogen-bond donors (Lipinski definition) is 1. The maximum Gasteiger partial charge on any atom is 0.0410 e. The molecule has 1 aromatic carbocycles. The average Bonchev–Trinajstić information content (AvgIpc) is 2.91. The molecule has 0 spiro atoms. The molecule has 1 heterocycles. The lowest BCUT2D eigenvalue weighted by Crippen LogP contribution is -2.31. The molecule has 0 bridgehead atoms. The van der Waals surface area contributed by atoms with E-state index in [1.165, 1.54) is 16.1 Å². The molecule has 2 aromatic rings. The van der Waals surface area contributed by atoms with Crippen molar-refractivity contribution in [2.45, 2.75) is 25.8 Å². The Labute approximate surface area is 130 Å². The zero-order chi connectivity index (χ0) is 14.5. The maximum absolute atomic E-state index is 6.09. The summed E-state index contributed by atoms with van der Waals surface area (Å²) in [6.07, 6.45) is 1.91. The fourth-order valence-electron chi connectivity index (χ4n) is 2.35. The molecule has 2 rings (SSSR count). The molecule has 1 aromatic heterocycles. The molecule has 0 aliphatic heterocycles. The van der Waals surface area contributed by atoms with Gasteiger partial charge in [0.1, 0.15) is 0 Å². The Morgan fingerprint density at radius 1 is 1.35 bits per heavy atom. The zero-order valence-corrected chi connectivity index (χ0v) is 13.5. The van der Waals surface area contributed by atoms with E-state index in [-0.39, 0.29) is 0 Å². The van der Waals surface area contributed by atoms with Gasteiger partial charge in [0, 0.05) is 35.1 Å². The lowest BCUT2D eigenvalue weighted by molar-refractivity contribution is 0.685. The molecule has 0 aliphatic carbocycles. The summed E-state index contributed by atoms with van der Waals surface area (Å²) in [5, 5.41) is 2.90. The fraction of sp³-hybridized carbons (Fsp3) is 0.375. The lowest BCUT2D eigenvalue weighted by Gasteiger charge is -2.29. The van der Waals surface area contributed by atoms with Gasteiger partial charge in [-0.25, -0.2) is 0 Å². The van der Waals surface area contributed by atoms with E-state index in [1.54, 1.807) is 0 Å². The molecule has 2 N–H and O–H groups in total. The highest BCUT2D eigenvalue weighted by Gasteiger charge is 2.14. The minimum atomic E-state index is 0.436. The van der Waals surface area contributed by atoms with Gasteiger partial charge < -0.3 is 10.6 Å². The smallest absolute Gasteiger partial charge is 0.0410 e. The van der Waals surface area contributed by atoms with Gasteiger partial charge in [-0.1, -0.05) is 17.7 Å². The van der Waals surface area contributed by atoms with Crippen LogP contribution in [0.3, 0.4) is 0 Å². The van der Waals surface area contributed by atoms with Crippen LogP contribution in [0, 0.1) is 0 Å². The van der Waals surface area contributed by atoms with E-state index < -0.39 is 0 Å².